The molecule has 0 heterocycles. The summed E-state index contributed by atoms with van der Waals surface area (Å²) in [6.45, 7) is 0. The first-order chi connectivity index (χ1) is 2.56. The predicted octanol–water partition coefficient (Wildman–Crippen LogP) is 0.556. The van der Waals surface area contributed by atoms with Crippen molar-refractivity contribution < 1.29 is 17.9 Å². The molecule has 0 saturated carbocycles. The van der Waals surface area contributed by atoms with Gasteiger partial charge < -0.3 is 0 Å². The topological polar surface area (TPSA) is 17.1 Å². The molecule has 0 fully saturated rings. The van der Waals surface area contributed by atoms with Crippen LogP contribution in [0.3, 0.4) is 0 Å². The molecule has 0 spiro atoms. The Hall–Kier alpha value is -0.345. The first-order valence-electron chi connectivity index (χ1n) is 1.09. The maximum atomic E-state index is 10.4. The Balaban J connectivity index is 3.45. The Kier molecular flexibility index (Phi) is 1.32. The van der Waals surface area contributed by atoms with Gasteiger partial charge in [0.05, 0.1) is 0 Å². The summed E-state index contributed by atoms with van der Waals surface area (Å²) in [5.41, 5.74) is 0. The maximum absolute atomic E-state index is 10.4. The van der Waals surface area contributed by atoms with Crippen molar-refractivity contribution in [3.05, 3.63) is 0 Å². The van der Waals surface area contributed by atoms with E-state index in [1.54, 1.807) is 0 Å². The summed E-state index contributed by atoms with van der Waals surface area (Å²) >= 11 is 0. The van der Waals surface area contributed by atoms with Gasteiger partial charge in [0.25, 0.3) is 0 Å². The summed E-state index contributed by atoms with van der Waals surface area (Å²) in [6.07, 6.45) is -4.64. The van der Waals surface area contributed by atoms with Gasteiger partial charge in [0.2, 0.25) is 0 Å². The summed E-state index contributed by atoms with van der Waals surface area (Å²) in [5, 5.41) is 0. The average Bonchev–Trinajstić information content (AvgIpc) is 1.35. The molecule has 0 aliphatic carbocycles. The third-order valence-electron chi connectivity index (χ3n) is 0.134. The molecule has 0 bridgehead atoms. The first-order valence-corrected chi connectivity index (χ1v) is 1.09. The zero-order chi connectivity index (χ0) is 5.21. The van der Waals surface area contributed by atoms with E-state index in [2.05, 4.69) is 0 Å². The van der Waals surface area contributed by atoms with Crippen LogP contribution >= 0.6 is 0 Å². The van der Waals surface area contributed by atoms with Gasteiger partial charge in [-0.2, -0.15) is 0 Å². The number of halogens is 3. The molecule has 0 radical (unpaired) electrons. The standard InChI is InChI=1S/CBF3O/c3-1(4,5)2-6. The third kappa shape index (κ3) is 3.65. The van der Waals surface area contributed by atoms with Crippen LogP contribution in [-0.4, -0.2) is 13.2 Å². The molecule has 0 amide bonds. The van der Waals surface area contributed by atoms with E-state index in [1.807, 2.05) is 0 Å². The van der Waals surface area contributed by atoms with Crippen molar-refractivity contribution in [3.63, 3.8) is 0 Å². The molecular formula is CBF3O. The summed E-state index contributed by atoms with van der Waals surface area (Å²) < 4.78 is 40.0. The molecule has 0 unspecified atom stereocenters. The molecule has 5 heteroatoms. The van der Waals surface area contributed by atoms with Crippen molar-refractivity contribution in [1.82, 2.24) is 0 Å². The molecule has 34 valence electrons. The first kappa shape index (κ1) is 5.65. The number of alkyl halides is 3. The van der Waals surface area contributed by atoms with Crippen LogP contribution in [-0.2, 0) is 4.70 Å². The van der Waals surface area contributed by atoms with Gasteiger partial charge in [-0.3, -0.25) is 0 Å². The minimum absolute atomic E-state index is 1.06. The molecular weight excluding hydrogens is 95.8 g/mol. The molecule has 0 saturated heterocycles. The Labute approximate surface area is 32.4 Å². The van der Waals surface area contributed by atoms with Crippen molar-refractivity contribution >= 4 is 7.15 Å². The number of rotatable bonds is 0. The number of hydrogen-bond acceptors (Lipinski definition) is 1. The van der Waals surface area contributed by atoms with E-state index in [9.17, 15) is 13.2 Å². The molecule has 0 aromatic rings. The molecule has 0 N–H and O–H groups in total. The second-order valence-corrected chi connectivity index (χ2v) is 0.659. The van der Waals surface area contributed by atoms with Crippen LogP contribution in [0.4, 0.5) is 13.2 Å². The van der Waals surface area contributed by atoms with Crippen LogP contribution in [0, 0.1) is 0 Å². The molecule has 0 atom stereocenters. The molecule has 0 aromatic carbocycles. The number of hydrogen-bond donors (Lipinski definition) is 0. The van der Waals surface area contributed by atoms with Crippen molar-refractivity contribution in [1.29, 1.82) is 0 Å². The van der Waals surface area contributed by atoms with E-state index in [0.717, 1.165) is 0 Å². The van der Waals surface area contributed by atoms with Crippen LogP contribution in [0.15, 0.2) is 0 Å². The van der Waals surface area contributed by atoms with Crippen LogP contribution in [0.5, 0.6) is 0 Å². The molecule has 0 aliphatic heterocycles. The Morgan fingerprint density at radius 2 is 1.50 bits per heavy atom. The molecule has 0 aromatic heterocycles. The van der Waals surface area contributed by atoms with Crippen molar-refractivity contribution in [2.75, 3.05) is 0 Å². The van der Waals surface area contributed by atoms with E-state index in [0.29, 0.717) is 0 Å². The average molecular weight is 95.8 g/mol. The Bertz CT molecular complexity index is 56.3. The van der Waals surface area contributed by atoms with Gasteiger partial charge in [-0.25, -0.2) is 0 Å². The van der Waals surface area contributed by atoms with Gasteiger partial charge in [0.15, 0.2) is 0 Å². The van der Waals surface area contributed by atoms with E-state index in [4.69, 9.17) is 4.70 Å². The van der Waals surface area contributed by atoms with E-state index < -0.39 is 13.2 Å². The Morgan fingerprint density at radius 3 is 1.50 bits per heavy atom. The van der Waals surface area contributed by atoms with Crippen LogP contribution in [0.25, 0.3) is 0 Å². The van der Waals surface area contributed by atoms with E-state index in [1.165, 1.54) is 0 Å². The van der Waals surface area contributed by atoms with Crippen LogP contribution < -0.4 is 0 Å². The quantitative estimate of drug-likeness (QED) is 0.402. The molecule has 1 nitrogen and oxygen atoms in total. The van der Waals surface area contributed by atoms with Gasteiger partial charge in [0.1, 0.15) is 0 Å². The molecule has 0 aliphatic rings. The minimum atomic E-state index is -4.64. The fraction of sp³-hybridized carbons (Fsp3) is 1.00. The summed E-state index contributed by atoms with van der Waals surface area (Å²) in [5.74, 6) is 0. The zero-order valence-electron chi connectivity index (χ0n) is 2.62. The third-order valence-corrected chi connectivity index (χ3v) is 0.134. The van der Waals surface area contributed by atoms with Gasteiger partial charge in [-0.05, 0) is 0 Å². The van der Waals surface area contributed by atoms with Gasteiger partial charge in [-0.1, -0.05) is 0 Å². The van der Waals surface area contributed by atoms with Gasteiger partial charge in [-0.15, -0.1) is 0 Å². The van der Waals surface area contributed by atoms with E-state index in [-0.39, 0.29) is 0 Å². The van der Waals surface area contributed by atoms with Crippen molar-refractivity contribution in [2.24, 2.45) is 0 Å². The second-order valence-electron chi connectivity index (χ2n) is 0.659. The van der Waals surface area contributed by atoms with Crippen molar-refractivity contribution in [2.45, 2.75) is 6.08 Å². The Morgan fingerprint density at radius 1 is 1.33 bits per heavy atom. The van der Waals surface area contributed by atoms with Crippen LogP contribution in [0.2, 0.25) is 0 Å². The summed E-state index contributed by atoms with van der Waals surface area (Å²) in [4.78, 5) is 0. The molecule has 0 rings (SSSR count). The predicted molar refractivity (Wildman–Crippen MR) is 12.5 cm³/mol. The van der Waals surface area contributed by atoms with Crippen molar-refractivity contribution in [3.8, 4) is 0 Å². The monoisotopic (exact) mass is 96.0 g/mol. The second kappa shape index (κ2) is 1.40. The van der Waals surface area contributed by atoms with Gasteiger partial charge >= 0.3 is 31.1 Å². The summed E-state index contributed by atoms with van der Waals surface area (Å²) in [6, 6.07) is 0. The van der Waals surface area contributed by atoms with Crippen LogP contribution in [0.1, 0.15) is 0 Å². The fourth-order valence-electron chi connectivity index (χ4n) is 0. The SMILES string of the molecule is O=BC(F)(F)F. The molecule has 6 heavy (non-hydrogen) atoms. The zero-order valence-corrected chi connectivity index (χ0v) is 2.62. The van der Waals surface area contributed by atoms with E-state index >= 15 is 0 Å². The summed E-state index contributed by atoms with van der Waals surface area (Å²) in [7, 11) is -1.06. The van der Waals surface area contributed by atoms with Gasteiger partial charge in [0, 0.05) is 0 Å². The fourth-order valence-corrected chi connectivity index (χ4v) is 0. The normalized spacial score (nSPS) is 10.5.